The molecule has 0 saturated carbocycles. The number of nitrogens with one attached hydrogen (secondary N) is 2. The molecule has 3 aromatic rings. The normalized spacial score (nSPS) is 18.7. The maximum atomic E-state index is 13.7. The van der Waals surface area contributed by atoms with Crippen LogP contribution in [0.1, 0.15) is 29.2 Å². The van der Waals surface area contributed by atoms with E-state index in [1.54, 1.807) is 37.4 Å². The molecule has 194 valence electrons. The summed E-state index contributed by atoms with van der Waals surface area (Å²) >= 11 is 16.2. The van der Waals surface area contributed by atoms with Crippen LogP contribution in [0.3, 0.4) is 0 Å². The van der Waals surface area contributed by atoms with E-state index in [2.05, 4.69) is 26.8 Å². The number of carbonyl (C=O) groups excluding carboxylic acids is 1. The summed E-state index contributed by atoms with van der Waals surface area (Å²) in [5.41, 5.74) is 6.23. The zero-order valence-corrected chi connectivity index (χ0v) is 23.1. The van der Waals surface area contributed by atoms with E-state index in [0.717, 1.165) is 10.0 Å². The predicted molar refractivity (Wildman–Crippen MR) is 148 cm³/mol. The van der Waals surface area contributed by atoms with Gasteiger partial charge in [0.15, 0.2) is 11.6 Å². The standard InChI is InChI=1S/C27H26BrCl2N3O4/c1-31-33-26(35)27(16-17-3-7-19(28)8-4-17)24(22-12-9-20(29)15-23(22)30)37-25(32-27)18-5-10-21(11-6-18)36-14-2-13-34/h3-12,15,24,31,34H,2,13-14,16H2,1H3,(H,33,35)/t24-,27-/m0/s1. The summed E-state index contributed by atoms with van der Waals surface area (Å²) in [7, 11) is 1.62. The van der Waals surface area contributed by atoms with Crippen LogP contribution in [0.5, 0.6) is 5.75 Å². The van der Waals surface area contributed by atoms with E-state index in [0.29, 0.717) is 45.8 Å². The van der Waals surface area contributed by atoms with Crippen molar-refractivity contribution in [3.05, 3.63) is 97.9 Å². The van der Waals surface area contributed by atoms with Crippen LogP contribution in [-0.2, 0) is 16.0 Å². The summed E-state index contributed by atoms with van der Waals surface area (Å²) < 4.78 is 13.0. The van der Waals surface area contributed by atoms with Gasteiger partial charge in [-0.3, -0.25) is 10.2 Å². The lowest BCUT2D eigenvalue weighted by molar-refractivity contribution is -0.129. The number of hydrogen-bond donors (Lipinski definition) is 3. The molecule has 1 aliphatic heterocycles. The van der Waals surface area contributed by atoms with E-state index in [4.69, 9.17) is 42.8 Å². The van der Waals surface area contributed by atoms with E-state index >= 15 is 0 Å². The second-order valence-corrected chi connectivity index (χ2v) is 10.2. The van der Waals surface area contributed by atoms with E-state index < -0.39 is 11.6 Å². The van der Waals surface area contributed by atoms with Crippen LogP contribution >= 0.6 is 39.1 Å². The minimum atomic E-state index is -1.38. The van der Waals surface area contributed by atoms with E-state index in [1.165, 1.54) is 0 Å². The van der Waals surface area contributed by atoms with Gasteiger partial charge >= 0.3 is 0 Å². The number of carbonyl (C=O) groups is 1. The maximum absolute atomic E-state index is 13.7. The first-order chi connectivity index (χ1) is 17.9. The average Bonchev–Trinajstić information content (AvgIpc) is 3.26. The molecule has 0 saturated heterocycles. The number of halogens is 3. The van der Waals surface area contributed by atoms with E-state index in [1.807, 2.05) is 36.4 Å². The highest BCUT2D eigenvalue weighted by Gasteiger charge is 2.54. The topological polar surface area (TPSA) is 92.2 Å². The molecule has 10 heteroatoms. The maximum Gasteiger partial charge on any atom is 0.266 e. The fourth-order valence-corrected chi connectivity index (χ4v) is 4.88. The fourth-order valence-electron chi connectivity index (χ4n) is 4.11. The van der Waals surface area contributed by atoms with Gasteiger partial charge in [0, 0.05) is 52.1 Å². The van der Waals surface area contributed by atoms with Gasteiger partial charge in [0.25, 0.3) is 5.91 Å². The number of aliphatic hydroxyl groups excluding tert-OH is 1. The number of aliphatic imine (C=N–C) groups is 1. The highest BCUT2D eigenvalue weighted by molar-refractivity contribution is 9.10. The molecule has 37 heavy (non-hydrogen) atoms. The van der Waals surface area contributed by atoms with Crippen LogP contribution < -0.4 is 15.6 Å². The first kappa shape index (κ1) is 27.4. The van der Waals surface area contributed by atoms with Gasteiger partial charge in [-0.05, 0) is 54.1 Å². The molecule has 3 aromatic carbocycles. The minimum absolute atomic E-state index is 0.0620. The Morgan fingerprint density at radius 2 is 1.86 bits per heavy atom. The van der Waals surface area contributed by atoms with Gasteiger partial charge in [0.1, 0.15) is 5.75 Å². The lowest BCUT2D eigenvalue weighted by Gasteiger charge is -2.31. The molecule has 4 rings (SSSR count). The first-order valence-electron chi connectivity index (χ1n) is 11.6. The van der Waals surface area contributed by atoms with Gasteiger partial charge in [-0.1, -0.05) is 57.3 Å². The second-order valence-electron chi connectivity index (χ2n) is 8.46. The summed E-state index contributed by atoms with van der Waals surface area (Å²) in [5.74, 6) is 0.594. The summed E-state index contributed by atoms with van der Waals surface area (Å²) in [6.07, 6.45) is -0.0338. The molecular weight excluding hydrogens is 581 g/mol. The highest BCUT2D eigenvalue weighted by atomic mass is 79.9. The summed E-state index contributed by atoms with van der Waals surface area (Å²) in [6.45, 7) is 0.470. The van der Waals surface area contributed by atoms with Gasteiger partial charge in [0.2, 0.25) is 5.90 Å². The van der Waals surface area contributed by atoms with Crippen LogP contribution in [0.25, 0.3) is 0 Å². The molecule has 0 fully saturated rings. The third-order valence-electron chi connectivity index (χ3n) is 5.90. The molecule has 0 aromatic heterocycles. The third kappa shape index (κ3) is 6.27. The smallest absolute Gasteiger partial charge is 0.266 e. The van der Waals surface area contributed by atoms with Gasteiger partial charge < -0.3 is 14.6 Å². The van der Waals surface area contributed by atoms with Gasteiger partial charge in [-0.15, -0.1) is 0 Å². The molecule has 2 atom stereocenters. The Morgan fingerprint density at radius 1 is 1.14 bits per heavy atom. The van der Waals surface area contributed by atoms with Crippen molar-refractivity contribution < 1.29 is 19.4 Å². The highest BCUT2D eigenvalue weighted by Crippen LogP contribution is 2.45. The van der Waals surface area contributed by atoms with E-state index in [-0.39, 0.29) is 18.9 Å². The number of hydrazine groups is 1. The Bertz CT molecular complexity index is 1270. The molecule has 7 nitrogen and oxygen atoms in total. The molecule has 0 aliphatic carbocycles. The molecule has 1 aliphatic rings. The molecule has 0 radical (unpaired) electrons. The van der Waals surface area contributed by atoms with Crippen molar-refractivity contribution in [3.8, 4) is 5.75 Å². The number of rotatable bonds is 10. The number of amides is 1. The van der Waals surface area contributed by atoms with Crippen LogP contribution in [0.15, 0.2) is 76.2 Å². The Balaban J connectivity index is 1.79. The monoisotopic (exact) mass is 605 g/mol. The van der Waals surface area contributed by atoms with Crippen molar-refractivity contribution in [1.82, 2.24) is 10.9 Å². The Hall–Kier alpha value is -2.62. The molecular formula is C27H26BrCl2N3O4. The fraction of sp³-hybridized carbons (Fsp3) is 0.259. The summed E-state index contributed by atoms with van der Waals surface area (Å²) in [5, 5.41) is 9.82. The lowest BCUT2D eigenvalue weighted by Crippen LogP contribution is -2.53. The Kier molecular flexibility index (Phi) is 9.10. The number of aliphatic hydroxyl groups is 1. The number of ether oxygens (including phenoxy) is 2. The van der Waals surface area contributed by atoms with Gasteiger partial charge in [-0.2, -0.15) is 0 Å². The molecule has 0 bridgehead atoms. The van der Waals surface area contributed by atoms with Crippen molar-refractivity contribution in [2.75, 3.05) is 20.3 Å². The third-order valence-corrected chi connectivity index (χ3v) is 6.99. The van der Waals surface area contributed by atoms with Crippen LogP contribution in [0.4, 0.5) is 0 Å². The van der Waals surface area contributed by atoms with Crippen LogP contribution in [0.2, 0.25) is 10.0 Å². The van der Waals surface area contributed by atoms with Gasteiger partial charge in [0.05, 0.1) is 6.61 Å². The number of benzene rings is 3. The quantitative estimate of drug-likeness (QED) is 0.216. The largest absolute Gasteiger partial charge is 0.494 e. The zero-order chi connectivity index (χ0) is 26.4. The number of hydrogen-bond acceptors (Lipinski definition) is 6. The first-order valence-corrected chi connectivity index (χ1v) is 13.2. The van der Waals surface area contributed by atoms with Gasteiger partial charge in [-0.25, -0.2) is 10.4 Å². The average molecular weight is 607 g/mol. The minimum Gasteiger partial charge on any atom is -0.494 e. The summed E-state index contributed by atoms with van der Waals surface area (Å²) in [4.78, 5) is 18.6. The summed E-state index contributed by atoms with van der Waals surface area (Å²) in [6, 6.07) is 20.0. The predicted octanol–water partition coefficient (Wildman–Crippen LogP) is 5.27. The zero-order valence-electron chi connectivity index (χ0n) is 20.0. The van der Waals surface area contributed by atoms with Crippen molar-refractivity contribution in [2.45, 2.75) is 24.5 Å². The van der Waals surface area contributed by atoms with Crippen molar-refractivity contribution >= 4 is 50.9 Å². The molecule has 1 heterocycles. The SMILES string of the molecule is CNNC(=O)[C@@]1(Cc2ccc(Br)cc2)N=C(c2ccc(OCCCO)cc2)O[C@H]1c1ccc(Cl)cc1Cl. The molecule has 3 N–H and O–H groups in total. The Morgan fingerprint density at radius 3 is 2.51 bits per heavy atom. The molecule has 1 amide bonds. The van der Waals surface area contributed by atoms with Crippen LogP contribution in [0, 0.1) is 0 Å². The Labute approximate surface area is 233 Å². The van der Waals surface area contributed by atoms with Crippen molar-refractivity contribution in [2.24, 2.45) is 4.99 Å². The van der Waals surface area contributed by atoms with E-state index in [9.17, 15) is 4.79 Å². The van der Waals surface area contributed by atoms with Crippen molar-refractivity contribution in [3.63, 3.8) is 0 Å². The van der Waals surface area contributed by atoms with Crippen LogP contribution in [-0.4, -0.2) is 42.7 Å². The molecule has 0 spiro atoms. The van der Waals surface area contributed by atoms with Crippen molar-refractivity contribution in [1.29, 1.82) is 0 Å². The second kappa shape index (κ2) is 12.3. The lowest BCUT2D eigenvalue weighted by atomic mass is 9.82. The molecule has 0 unspecified atom stereocenters. The number of nitrogens with zero attached hydrogens (tertiary/aromatic N) is 1.